The second kappa shape index (κ2) is 11.2. The van der Waals surface area contributed by atoms with E-state index in [1.165, 1.54) is 22.7 Å². The van der Waals surface area contributed by atoms with Gasteiger partial charge in [0.2, 0.25) is 5.91 Å². The third-order valence-electron chi connectivity index (χ3n) is 6.29. The average molecular weight is 522 g/mol. The molecule has 2 amide bonds. The Bertz CT molecular complexity index is 1330. The van der Waals surface area contributed by atoms with Crippen LogP contribution in [0.25, 0.3) is 33.3 Å². The van der Waals surface area contributed by atoms with Gasteiger partial charge in [0, 0.05) is 35.7 Å². The Morgan fingerprint density at radius 1 is 1.14 bits per heavy atom. The van der Waals surface area contributed by atoms with Crippen LogP contribution < -0.4 is 11.1 Å². The number of carbonyl (C=O) groups excluding carboxylic acids is 2. The van der Waals surface area contributed by atoms with Crippen molar-refractivity contribution in [1.82, 2.24) is 20.4 Å². The number of thiazole rings is 1. The second-order valence-corrected chi connectivity index (χ2v) is 10.5. The van der Waals surface area contributed by atoms with Crippen molar-refractivity contribution >= 4 is 34.5 Å². The topological polar surface area (TPSA) is 114 Å². The molecule has 3 aromatic heterocycles. The van der Waals surface area contributed by atoms with Crippen LogP contribution in [0, 0.1) is 0 Å². The Balaban J connectivity index is 1.20. The van der Waals surface area contributed by atoms with Gasteiger partial charge in [-0.3, -0.25) is 14.5 Å². The van der Waals surface area contributed by atoms with Crippen molar-refractivity contribution < 1.29 is 14.1 Å². The minimum atomic E-state index is -0.258. The Labute approximate surface area is 217 Å². The van der Waals surface area contributed by atoms with Gasteiger partial charge in [-0.05, 0) is 37.3 Å². The number of nitrogens with zero attached hydrogens (tertiary/aromatic N) is 3. The van der Waals surface area contributed by atoms with Crippen LogP contribution in [0.1, 0.15) is 35.4 Å². The molecule has 0 spiro atoms. The highest BCUT2D eigenvalue weighted by Crippen LogP contribution is 2.34. The maximum absolute atomic E-state index is 12.9. The predicted octanol–water partition coefficient (Wildman–Crippen LogP) is 4.65. The summed E-state index contributed by atoms with van der Waals surface area (Å²) in [5, 5.41) is 11.8. The smallest absolute Gasteiger partial charge is 0.262 e. The largest absolute Gasteiger partial charge is 0.368 e. The van der Waals surface area contributed by atoms with Crippen LogP contribution in [-0.4, -0.2) is 52.5 Å². The molecule has 186 valence electrons. The van der Waals surface area contributed by atoms with Gasteiger partial charge in [0.1, 0.15) is 21.3 Å². The van der Waals surface area contributed by atoms with Crippen LogP contribution in [0.2, 0.25) is 0 Å². The standard InChI is InChI=1S/C26H27N5O3S2/c27-24(32)21-9-4-5-12-31(21)13-6-11-28-25(33)23-18(10-14-35-23)26-29-20(16-36-26)22-15-19(30-34-22)17-7-2-1-3-8-17/h1-3,7-8,10,14-16,21H,4-6,9,11-13H2,(H2,27,32)(H,28,33)/t21-/m0/s1. The zero-order valence-electron chi connectivity index (χ0n) is 19.7. The van der Waals surface area contributed by atoms with Crippen molar-refractivity contribution in [2.24, 2.45) is 5.73 Å². The van der Waals surface area contributed by atoms with Crippen molar-refractivity contribution in [3.63, 3.8) is 0 Å². The second-order valence-electron chi connectivity index (χ2n) is 8.70. The summed E-state index contributed by atoms with van der Waals surface area (Å²) in [6.45, 7) is 2.14. The van der Waals surface area contributed by atoms with Gasteiger partial charge >= 0.3 is 0 Å². The summed E-state index contributed by atoms with van der Waals surface area (Å²) in [7, 11) is 0. The molecule has 0 unspecified atom stereocenters. The van der Waals surface area contributed by atoms with E-state index in [0.717, 1.165) is 60.6 Å². The quantitative estimate of drug-likeness (QED) is 0.310. The van der Waals surface area contributed by atoms with Crippen LogP contribution in [0.4, 0.5) is 0 Å². The number of piperidine rings is 1. The van der Waals surface area contributed by atoms with Gasteiger partial charge < -0.3 is 15.6 Å². The summed E-state index contributed by atoms with van der Waals surface area (Å²) in [5.74, 6) is 0.212. The molecule has 1 aliphatic heterocycles. The molecule has 1 fully saturated rings. The van der Waals surface area contributed by atoms with E-state index in [9.17, 15) is 9.59 Å². The highest BCUT2D eigenvalue weighted by atomic mass is 32.1. The maximum atomic E-state index is 12.9. The zero-order valence-corrected chi connectivity index (χ0v) is 21.3. The summed E-state index contributed by atoms with van der Waals surface area (Å²) in [6.07, 6.45) is 3.68. The number of primary amides is 1. The molecule has 3 N–H and O–H groups in total. The fraction of sp³-hybridized carbons (Fsp3) is 0.308. The normalized spacial score (nSPS) is 16.2. The van der Waals surface area contributed by atoms with Crippen LogP contribution in [0.3, 0.4) is 0 Å². The van der Waals surface area contributed by atoms with Crippen molar-refractivity contribution in [1.29, 1.82) is 0 Å². The van der Waals surface area contributed by atoms with Gasteiger partial charge in [-0.2, -0.15) is 0 Å². The molecule has 1 aromatic carbocycles. The lowest BCUT2D eigenvalue weighted by molar-refractivity contribution is -0.124. The minimum Gasteiger partial charge on any atom is -0.368 e. The van der Waals surface area contributed by atoms with Gasteiger partial charge in [0.15, 0.2) is 5.76 Å². The molecule has 0 saturated carbocycles. The highest BCUT2D eigenvalue weighted by molar-refractivity contribution is 7.15. The van der Waals surface area contributed by atoms with E-state index in [1.54, 1.807) is 0 Å². The molecule has 4 heterocycles. The van der Waals surface area contributed by atoms with Crippen molar-refractivity contribution in [2.45, 2.75) is 31.7 Å². The fourth-order valence-corrected chi connectivity index (χ4v) is 6.17. The molecular formula is C26H27N5O3S2. The van der Waals surface area contributed by atoms with E-state index in [4.69, 9.17) is 15.2 Å². The number of likely N-dealkylation sites (tertiary alicyclic amines) is 1. The van der Waals surface area contributed by atoms with Gasteiger partial charge in [0.25, 0.3) is 5.91 Å². The summed E-state index contributed by atoms with van der Waals surface area (Å²) in [5.41, 5.74) is 8.77. The number of aromatic nitrogens is 2. The first-order valence-corrected chi connectivity index (χ1v) is 13.7. The first-order valence-electron chi connectivity index (χ1n) is 12.0. The van der Waals surface area contributed by atoms with Crippen LogP contribution in [0.15, 0.2) is 57.7 Å². The van der Waals surface area contributed by atoms with Crippen molar-refractivity contribution in [2.75, 3.05) is 19.6 Å². The lowest BCUT2D eigenvalue weighted by Crippen LogP contribution is -2.48. The van der Waals surface area contributed by atoms with Gasteiger partial charge in [-0.25, -0.2) is 4.98 Å². The number of hydrogen-bond donors (Lipinski definition) is 2. The number of nitrogens with two attached hydrogens (primary N) is 1. The molecular weight excluding hydrogens is 494 g/mol. The van der Waals surface area contributed by atoms with E-state index in [-0.39, 0.29) is 17.9 Å². The van der Waals surface area contributed by atoms with Crippen LogP contribution in [-0.2, 0) is 4.79 Å². The predicted molar refractivity (Wildman–Crippen MR) is 142 cm³/mol. The molecule has 0 bridgehead atoms. The van der Waals surface area contributed by atoms with E-state index in [1.807, 2.05) is 53.2 Å². The first-order chi connectivity index (χ1) is 17.6. The number of thiophene rings is 1. The number of nitrogens with one attached hydrogen (secondary N) is 1. The molecule has 1 saturated heterocycles. The number of carbonyl (C=O) groups is 2. The Hall–Kier alpha value is -3.34. The number of benzene rings is 1. The molecule has 10 heteroatoms. The summed E-state index contributed by atoms with van der Waals surface area (Å²) in [4.78, 5) is 32.1. The van der Waals surface area contributed by atoms with E-state index < -0.39 is 0 Å². The number of amides is 2. The lowest BCUT2D eigenvalue weighted by Gasteiger charge is -2.33. The number of hydrogen-bond acceptors (Lipinski definition) is 8. The third-order valence-corrected chi connectivity index (χ3v) is 8.08. The van der Waals surface area contributed by atoms with E-state index in [0.29, 0.717) is 22.9 Å². The maximum Gasteiger partial charge on any atom is 0.262 e. The van der Waals surface area contributed by atoms with Gasteiger partial charge in [-0.15, -0.1) is 22.7 Å². The Kier molecular flexibility index (Phi) is 7.55. The summed E-state index contributed by atoms with van der Waals surface area (Å²) >= 11 is 2.86. The van der Waals surface area contributed by atoms with Crippen LogP contribution >= 0.6 is 22.7 Å². The Morgan fingerprint density at radius 3 is 2.83 bits per heavy atom. The molecule has 0 radical (unpaired) electrons. The van der Waals surface area contributed by atoms with Gasteiger partial charge in [0.05, 0.1) is 6.04 Å². The van der Waals surface area contributed by atoms with Crippen molar-refractivity contribution in [3.05, 3.63) is 58.1 Å². The van der Waals surface area contributed by atoms with Crippen molar-refractivity contribution in [3.8, 4) is 33.3 Å². The van der Waals surface area contributed by atoms with E-state index in [2.05, 4.69) is 15.4 Å². The number of rotatable bonds is 9. The summed E-state index contributed by atoms with van der Waals surface area (Å²) < 4.78 is 5.54. The molecule has 8 nitrogen and oxygen atoms in total. The molecule has 36 heavy (non-hydrogen) atoms. The molecule has 1 aliphatic rings. The SMILES string of the molecule is NC(=O)[C@@H]1CCCCN1CCCNC(=O)c1sccc1-c1nc(-c2cc(-c3ccccc3)no2)cs1. The Morgan fingerprint density at radius 2 is 2.00 bits per heavy atom. The molecule has 1 atom stereocenters. The third kappa shape index (κ3) is 5.40. The monoisotopic (exact) mass is 521 g/mol. The molecule has 5 rings (SSSR count). The lowest BCUT2D eigenvalue weighted by atomic mass is 10.0. The first kappa shape index (κ1) is 24.4. The minimum absolute atomic E-state index is 0.118. The molecule has 4 aromatic rings. The van der Waals surface area contributed by atoms with Crippen LogP contribution in [0.5, 0.6) is 0 Å². The molecule has 0 aliphatic carbocycles. The van der Waals surface area contributed by atoms with E-state index >= 15 is 0 Å². The average Bonchev–Trinajstić information content (AvgIpc) is 3.67. The summed E-state index contributed by atoms with van der Waals surface area (Å²) in [6, 6.07) is 13.4. The highest BCUT2D eigenvalue weighted by Gasteiger charge is 2.26. The van der Waals surface area contributed by atoms with Gasteiger partial charge in [-0.1, -0.05) is 41.9 Å². The zero-order chi connectivity index (χ0) is 24.9. The fourth-order valence-electron chi connectivity index (χ4n) is 4.45.